The van der Waals surface area contributed by atoms with Crippen LogP contribution in [0.25, 0.3) is 0 Å². The number of nitrogens with zero attached hydrogens (tertiary/aromatic N) is 1. The van der Waals surface area contributed by atoms with E-state index >= 15 is 0 Å². The number of aromatic nitrogens is 1. The Kier molecular flexibility index (Phi) is 4.70. The maximum Gasteiger partial charge on any atom is 0.338 e. The van der Waals surface area contributed by atoms with Crippen molar-refractivity contribution in [3.8, 4) is 0 Å². The number of nitrogens with two attached hydrogens (primary N) is 1. The number of amides is 1. The van der Waals surface area contributed by atoms with Gasteiger partial charge in [-0.15, -0.1) is 0 Å². The molecule has 0 saturated carbocycles. The van der Waals surface area contributed by atoms with Gasteiger partial charge < -0.3 is 15.8 Å². The summed E-state index contributed by atoms with van der Waals surface area (Å²) in [5.74, 6) is -0.726. The quantitative estimate of drug-likeness (QED) is 0.841. The molecule has 0 aliphatic rings. The maximum absolute atomic E-state index is 12.2. The lowest BCUT2D eigenvalue weighted by Gasteiger charge is -2.19. The summed E-state index contributed by atoms with van der Waals surface area (Å²) in [7, 11) is 0. The zero-order chi connectivity index (χ0) is 17.2. The molecule has 0 aliphatic carbocycles. The number of ether oxygens (including phenoxy) is 1. The monoisotopic (exact) mass is 333 g/mol. The number of aryl methyl sites for hydroxylation is 1. The Morgan fingerprint density at radius 1 is 1.22 bits per heavy atom. The predicted octanol–water partition coefficient (Wildman–Crippen LogP) is 3.24. The van der Waals surface area contributed by atoms with Crippen molar-refractivity contribution in [1.29, 1.82) is 0 Å². The number of carbonyl (C=O) groups excluding carboxylic acids is 2. The number of hydrogen-bond acceptors (Lipinski definition) is 6. The van der Waals surface area contributed by atoms with E-state index in [-0.39, 0.29) is 5.91 Å². The maximum atomic E-state index is 12.2. The van der Waals surface area contributed by atoms with E-state index in [0.29, 0.717) is 27.5 Å². The fourth-order valence-electron chi connectivity index (χ4n) is 1.88. The van der Waals surface area contributed by atoms with Crippen molar-refractivity contribution >= 4 is 34.1 Å². The Morgan fingerprint density at radius 2 is 1.83 bits per heavy atom. The van der Waals surface area contributed by atoms with E-state index in [1.165, 1.54) is 0 Å². The van der Waals surface area contributed by atoms with Crippen LogP contribution in [0.2, 0.25) is 0 Å². The number of carbonyl (C=O) groups is 2. The van der Waals surface area contributed by atoms with Crippen molar-refractivity contribution in [2.24, 2.45) is 0 Å². The van der Waals surface area contributed by atoms with Crippen molar-refractivity contribution in [2.75, 3.05) is 11.1 Å². The van der Waals surface area contributed by atoms with Crippen molar-refractivity contribution in [2.45, 2.75) is 33.3 Å². The molecule has 0 fully saturated rings. The fraction of sp³-hybridized carbons (Fsp3) is 0.312. The van der Waals surface area contributed by atoms with Gasteiger partial charge in [0.2, 0.25) is 0 Å². The molecule has 0 atom stereocenters. The molecule has 7 heteroatoms. The van der Waals surface area contributed by atoms with Crippen molar-refractivity contribution in [3.05, 3.63) is 41.1 Å². The molecule has 1 amide bonds. The zero-order valence-electron chi connectivity index (χ0n) is 13.5. The fourth-order valence-corrected chi connectivity index (χ4v) is 2.54. The normalized spacial score (nSPS) is 11.1. The van der Waals surface area contributed by atoms with E-state index in [1.807, 2.05) is 0 Å². The molecule has 0 saturated heterocycles. The summed E-state index contributed by atoms with van der Waals surface area (Å²) in [6.45, 7) is 7.15. The molecule has 23 heavy (non-hydrogen) atoms. The van der Waals surface area contributed by atoms with Crippen LogP contribution in [0.3, 0.4) is 0 Å². The summed E-state index contributed by atoms with van der Waals surface area (Å²) in [4.78, 5) is 24.1. The third-order valence-corrected chi connectivity index (χ3v) is 3.66. The van der Waals surface area contributed by atoms with Crippen molar-refractivity contribution < 1.29 is 14.3 Å². The lowest BCUT2D eigenvalue weighted by atomic mass is 10.1. The largest absolute Gasteiger partial charge is 0.456 e. The van der Waals surface area contributed by atoms with Gasteiger partial charge in [0, 0.05) is 5.69 Å². The van der Waals surface area contributed by atoms with Gasteiger partial charge in [0.15, 0.2) is 0 Å². The average Bonchev–Trinajstić information content (AvgIpc) is 2.77. The lowest BCUT2D eigenvalue weighted by Crippen LogP contribution is -2.23. The Morgan fingerprint density at radius 3 is 2.30 bits per heavy atom. The van der Waals surface area contributed by atoms with Crippen LogP contribution >= 0.6 is 11.5 Å². The minimum Gasteiger partial charge on any atom is -0.456 e. The molecule has 2 rings (SSSR count). The van der Waals surface area contributed by atoms with E-state index < -0.39 is 11.6 Å². The minimum absolute atomic E-state index is 0.321. The highest BCUT2D eigenvalue weighted by molar-refractivity contribution is 7.10. The molecule has 0 unspecified atom stereocenters. The van der Waals surface area contributed by atoms with Crippen LogP contribution in [0.15, 0.2) is 24.3 Å². The molecular weight excluding hydrogens is 314 g/mol. The Labute approximate surface area is 138 Å². The second kappa shape index (κ2) is 6.37. The first kappa shape index (κ1) is 17.0. The van der Waals surface area contributed by atoms with Crippen LogP contribution in [-0.4, -0.2) is 21.9 Å². The van der Waals surface area contributed by atoms with Crippen LogP contribution in [0.1, 0.15) is 47.2 Å². The van der Waals surface area contributed by atoms with Crippen molar-refractivity contribution in [1.82, 2.24) is 4.37 Å². The highest BCUT2D eigenvalue weighted by atomic mass is 32.1. The molecule has 3 N–H and O–H groups in total. The first-order chi connectivity index (χ1) is 10.7. The molecule has 2 aromatic rings. The number of nitrogen functional groups attached to an aromatic ring is 1. The summed E-state index contributed by atoms with van der Waals surface area (Å²) in [5.41, 5.74) is 7.16. The summed E-state index contributed by atoms with van der Waals surface area (Å²) in [5, 5.41) is 3.12. The Hall–Kier alpha value is -2.41. The number of nitrogens with one attached hydrogen (secondary N) is 1. The number of benzene rings is 1. The number of anilines is 2. The SMILES string of the molecule is Cc1nsc(N)c1C(=O)Nc1ccc(C(=O)OC(C)(C)C)cc1. The summed E-state index contributed by atoms with van der Waals surface area (Å²) in [6.07, 6.45) is 0. The second-order valence-electron chi connectivity index (χ2n) is 6.04. The molecule has 1 heterocycles. The molecular formula is C16H19N3O3S. The Bertz CT molecular complexity index is 711. The highest BCUT2D eigenvalue weighted by Gasteiger charge is 2.19. The minimum atomic E-state index is -0.551. The third-order valence-electron chi connectivity index (χ3n) is 2.89. The van der Waals surface area contributed by atoms with Gasteiger partial charge in [-0.3, -0.25) is 4.79 Å². The van der Waals surface area contributed by atoms with Crippen LogP contribution in [0.5, 0.6) is 0 Å². The first-order valence-electron chi connectivity index (χ1n) is 7.04. The smallest absolute Gasteiger partial charge is 0.338 e. The molecule has 0 radical (unpaired) electrons. The molecule has 0 spiro atoms. The summed E-state index contributed by atoms with van der Waals surface area (Å²) < 4.78 is 9.33. The van der Waals surface area contributed by atoms with E-state index in [9.17, 15) is 9.59 Å². The molecule has 0 aliphatic heterocycles. The molecule has 1 aromatic heterocycles. The van der Waals surface area contributed by atoms with Crippen LogP contribution in [0.4, 0.5) is 10.7 Å². The van der Waals surface area contributed by atoms with E-state index in [2.05, 4.69) is 9.69 Å². The topological polar surface area (TPSA) is 94.3 Å². The van der Waals surface area contributed by atoms with Gasteiger partial charge in [-0.2, -0.15) is 4.37 Å². The number of esters is 1. The van der Waals surface area contributed by atoms with Gasteiger partial charge in [0.05, 0.1) is 16.8 Å². The van der Waals surface area contributed by atoms with Crippen molar-refractivity contribution in [3.63, 3.8) is 0 Å². The van der Waals surface area contributed by atoms with Gasteiger partial charge in [0.25, 0.3) is 5.91 Å². The van der Waals surface area contributed by atoms with Crippen LogP contribution < -0.4 is 11.1 Å². The number of hydrogen-bond donors (Lipinski definition) is 2. The Balaban J connectivity index is 2.09. The first-order valence-corrected chi connectivity index (χ1v) is 7.81. The van der Waals surface area contributed by atoms with Gasteiger partial charge in [-0.1, -0.05) is 0 Å². The van der Waals surface area contributed by atoms with E-state index in [1.54, 1.807) is 52.0 Å². The molecule has 6 nitrogen and oxygen atoms in total. The molecule has 122 valence electrons. The van der Waals surface area contributed by atoms with Crippen LogP contribution in [-0.2, 0) is 4.74 Å². The van der Waals surface area contributed by atoms with Gasteiger partial charge >= 0.3 is 5.97 Å². The van der Waals surface area contributed by atoms with Gasteiger partial charge in [-0.05, 0) is 63.5 Å². The third kappa shape index (κ3) is 4.29. The van der Waals surface area contributed by atoms with Gasteiger partial charge in [-0.25, -0.2) is 4.79 Å². The highest BCUT2D eigenvalue weighted by Crippen LogP contribution is 2.22. The average molecular weight is 333 g/mol. The standard InChI is InChI=1S/C16H19N3O3S/c1-9-12(13(17)23-19-9)14(20)18-11-7-5-10(6-8-11)15(21)22-16(2,3)4/h5-8H,17H2,1-4H3,(H,18,20). The summed E-state index contributed by atoms with van der Waals surface area (Å²) in [6, 6.07) is 6.49. The van der Waals surface area contributed by atoms with E-state index in [0.717, 1.165) is 11.5 Å². The second-order valence-corrected chi connectivity index (χ2v) is 6.85. The lowest BCUT2D eigenvalue weighted by molar-refractivity contribution is 0.00695. The predicted molar refractivity (Wildman–Crippen MR) is 90.8 cm³/mol. The zero-order valence-corrected chi connectivity index (χ0v) is 14.3. The summed E-state index contributed by atoms with van der Waals surface area (Å²) >= 11 is 1.09. The van der Waals surface area contributed by atoms with Gasteiger partial charge in [0.1, 0.15) is 10.6 Å². The van der Waals surface area contributed by atoms with E-state index in [4.69, 9.17) is 10.5 Å². The number of rotatable bonds is 3. The molecule has 1 aromatic carbocycles. The van der Waals surface area contributed by atoms with Crippen LogP contribution in [0, 0.1) is 6.92 Å². The molecule has 0 bridgehead atoms.